The molecule has 3 rings (SSSR count). The summed E-state index contributed by atoms with van der Waals surface area (Å²) in [6.07, 6.45) is 10.3. The molecule has 0 aromatic carbocycles. The second kappa shape index (κ2) is 7.86. The van der Waals surface area contributed by atoms with Gasteiger partial charge in [0.05, 0.1) is 6.33 Å². The van der Waals surface area contributed by atoms with Crippen molar-refractivity contribution < 1.29 is 13.2 Å². The molecule has 0 N–H and O–H groups in total. The number of imidazole rings is 1. The summed E-state index contributed by atoms with van der Waals surface area (Å²) >= 11 is 0. The molecule has 1 aromatic heterocycles. The fourth-order valence-corrected chi connectivity index (χ4v) is 5.24. The summed E-state index contributed by atoms with van der Waals surface area (Å²) < 4.78 is 28.5. The van der Waals surface area contributed by atoms with Gasteiger partial charge in [0.15, 0.2) is 5.03 Å². The Labute approximate surface area is 150 Å². The number of rotatable bonds is 4. The van der Waals surface area contributed by atoms with Crippen LogP contribution in [0.1, 0.15) is 44.9 Å². The maximum Gasteiger partial charge on any atom is 0.262 e. The first-order valence-electron chi connectivity index (χ1n) is 9.23. The van der Waals surface area contributed by atoms with E-state index in [9.17, 15) is 13.2 Å². The average molecular weight is 369 g/mol. The molecule has 8 heteroatoms. The summed E-state index contributed by atoms with van der Waals surface area (Å²) in [4.78, 5) is 18.4. The maximum atomic E-state index is 12.7. The first-order valence-corrected chi connectivity index (χ1v) is 10.7. The molecule has 1 aromatic rings. The Morgan fingerprint density at radius 1 is 1.12 bits per heavy atom. The molecule has 1 saturated heterocycles. The fourth-order valence-electron chi connectivity index (χ4n) is 3.81. The first kappa shape index (κ1) is 18.4. The highest BCUT2D eigenvalue weighted by Gasteiger charge is 2.30. The Hall–Kier alpha value is -1.41. The van der Waals surface area contributed by atoms with Gasteiger partial charge in [-0.15, -0.1) is 0 Å². The van der Waals surface area contributed by atoms with Gasteiger partial charge in [-0.25, -0.2) is 13.4 Å². The second-order valence-corrected chi connectivity index (χ2v) is 9.11. The van der Waals surface area contributed by atoms with Crippen molar-refractivity contribution >= 4 is 15.9 Å². The van der Waals surface area contributed by atoms with Gasteiger partial charge < -0.3 is 9.47 Å². The van der Waals surface area contributed by atoms with Crippen LogP contribution in [0.25, 0.3) is 0 Å². The van der Waals surface area contributed by atoms with E-state index in [1.807, 2.05) is 4.90 Å². The highest BCUT2D eigenvalue weighted by molar-refractivity contribution is 7.89. The van der Waals surface area contributed by atoms with Crippen LogP contribution in [0.2, 0.25) is 0 Å². The minimum Gasteiger partial charge on any atom is -0.341 e. The van der Waals surface area contributed by atoms with Crippen LogP contribution in [-0.4, -0.2) is 59.3 Å². The van der Waals surface area contributed by atoms with Crippen LogP contribution in [0.15, 0.2) is 17.6 Å². The summed E-state index contributed by atoms with van der Waals surface area (Å²) in [5.74, 6) is 0.696. The lowest BCUT2D eigenvalue weighted by Crippen LogP contribution is -2.38. The van der Waals surface area contributed by atoms with Crippen LogP contribution in [0.4, 0.5) is 0 Å². The van der Waals surface area contributed by atoms with Gasteiger partial charge in [0.2, 0.25) is 5.91 Å². The Bertz CT molecular complexity index is 695. The number of aromatic nitrogens is 2. The molecule has 0 spiro atoms. The number of amides is 1. The molecular weight excluding hydrogens is 340 g/mol. The zero-order chi connectivity index (χ0) is 17.9. The molecule has 1 saturated carbocycles. The topological polar surface area (TPSA) is 75.5 Å². The summed E-state index contributed by atoms with van der Waals surface area (Å²) in [6.45, 7) is 1.89. The van der Waals surface area contributed by atoms with E-state index in [1.54, 1.807) is 11.6 Å². The van der Waals surface area contributed by atoms with Crippen LogP contribution in [0, 0.1) is 5.92 Å². The Kier molecular flexibility index (Phi) is 5.78. The summed E-state index contributed by atoms with van der Waals surface area (Å²) in [7, 11) is -1.83. The van der Waals surface area contributed by atoms with Crippen molar-refractivity contribution in [1.82, 2.24) is 18.8 Å². The van der Waals surface area contributed by atoms with E-state index >= 15 is 0 Å². The molecule has 140 valence electrons. The zero-order valence-electron chi connectivity index (χ0n) is 14.9. The molecule has 2 fully saturated rings. The van der Waals surface area contributed by atoms with Crippen LogP contribution in [0.5, 0.6) is 0 Å². The SMILES string of the molecule is Cn1cnc(S(=O)(=O)N2CCCN(C(=O)CC3CCCCC3)CC2)c1. The summed E-state index contributed by atoms with van der Waals surface area (Å²) in [5, 5.41) is 0.0805. The summed E-state index contributed by atoms with van der Waals surface area (Å²) in [6, 6.07) is 0. The third kappa shape index (κ3) is 4.41. The van der Waals surface area contributed by atoms with Crippen LogP contribution in [0.3, 0.4) is 0 Å². The minimum absolute atomic E-state index is 0.0805. The maximum absolute atomic E-state index is 12.7. The monoisotopic (exact) mass is 368 g/mol. The number of hydrogen-bond acceptors (Lipinski definition) is 4. The highest BCUT2D eigenvalue weighted by atomic mass is 32.2. The number of nitrogens with zero attached hydrogens (tertiary/aromatic N) is 4. The molecule has 1 aliphatic carbocycles. The number of hydrogen-bond donors (Lipinski definition) is 0. The lowest BCUT2D eigenvalue weighted by molar-refractivity contribution is -0.132. The first-order chi connectivity index (χ1) is 12.0. The molecule has 7 nitrogen and oxygen atoms in total. The molecule has 2 aliphatic rings. The second-order valence-electron chi connectivity index (χ2n) is 7.22. The predicted molar refractivity (Wildman–Crippen MR) is 94.4 cm³/mol. The molecule has 0 radical (unpaired) electrons. The van der Waals surface area contributed by atoms with Crippen molar-refractivity contribution in [2.45, 2.75) is 50.0 Å². The molecule has 0 atom stereocenters. The van der Waals surface area contributed by atoms with Gasteiger partial charge in [-0.3, -0.25) is 4.79 Å². The quantitative estimate of drug-likeness (QED) is 0.809. The fraction of sp³-hybridized carbons (Fsp3) is 0.765. The highest BCUT2D eigenvalue weighted by Crippen LogP contribution is 2.27. The minimum atomic E-state index is -3.58. The van der Waals surface area contributed by atoms with Gasteiger partial charge in [0.25, 0.3) is 10.0 Å². The molecule has 25 heavy (non-hydrogen) atoms. The van der Waals surface area contributed by atoms with Crippen molar-refractivity contribution in [3.05, 3.63) is 12.5 Å². The molecule has 0 bridgehead atoms. The number of aryl methyl sites for hydroxylation is 1. The molecule has 1 aliphatic heterocycles. The molecular formula is C17H28N4O3S. The lowest BCUT2D eigenvalue weighted by atomic mass is 9.86. The Morgan fingerprint density at radius 2 is 1.88 bits per heavy atom. The van der Waals surface area contributed by atoms with Gasteiger partial charge in [0.1, 0.15) is 0 Å². The van der Waals surface area contributed by atoms with E-state index in [1.165, 1.54) is 36.1 Å². The number of carbonyl (C=O) groups excluding carboxylic acids is 1. The van der Waals surface area contributed by atoms with Crippen molar-refractivity contribution in [3.63, 3.8) is 0 Å². The van der Waals surface area contributed by atoms with E-state index in [0.29, 0.717) is 44.9 Å². The van der Waals surface area contributed by atoms with E-state index in [0.717, 1.165) is 12.8 Å². The van der Waals surface area contributed by atoms with Crippen molar-refractivity contribution in [1.29, 1.82) is 0 Å². The summed E-state index contributed by atoms with van der Waals surface area (Å²) in [5.41, 5.74) is 0. The molecule has 0 unspecified atom stereocenters. The van der Waals surface area contributed by atoms with Crippen LogP contribution in [-0.2, 0) is 21.9 Å². The van der Waals surface area contributed by atoms with Gasteiger partial charge in [-0.05, 0) is 25.2 Å². The molecule has 2 heterocycles. The lowest BCUT2D eigenvalue weighted by Gasteiger charge is -2.26. The van der Waals surface area contributed by atoms with Crippen molar-refractivity contribution in [2.75, 3.05) is 26.2 Å². The standard InChI is InChI=1S/C17H28N4O3S/c1-19-13-16(18-14-19)25(23,24)21-9-5-8-20(10-11-21)17(22)12-15-6-3-2-4-7-15/h13-15H,2-12H2,1H3. The van der Waals surface area contributed by atoms with Gasteiger partial charge in [-0.1, -0.05) is 19.3 Å². The largest absolute Gasteiger partial charge is 0.341 e. The molecule has 1 amide bonds. The third-order valence-corrected chi connectivity index (χ3v) is 7.07. The van der Waals surface area contributed by atoms with Crippen LogP contribution < -0.4 is 0 Å². The Balaban J connectivity index is 1.59. The Morgan fingerprint density at radius 3 is 2.56 bits per heavy atom. The van der Waals surface area contributed by atoms with Gasteiger partial charge >= 0.3 is 0 Å². The van der Waals surface area contributed by atoms with Gasteiger partial charge in [0, 0.05) is 45.8 Å². The van der Waals surface area contributed by atoms with E-state index in [2.05, 4.69) is 4.98 Å². The zero-order valence-corrected chi connectivity index (χ0v) is 15.7. The van der Waals surface area contributed by atoms with Gasteiger partial charge in [-0.2, -0.15) is 4.31 Å². The van der Waals surface area contributed by atoms with Crippen LogP contribution >= 0.6 is 0 Å². The van der Waals surface area contributed by atoms with E-state index in [-0.39, 0.29) is 10.9 Å². The average Bonchev–Trinajstić information content (AvgIpc) is 2.89. The normalized spacial score (nSPS) is 21.2. The predicted octanol–water partition coefficient (Wildman–Crippen LogP) is 1.61. The van der Waals surface area contributed by atoms with E-state index < -0.39 is 10.0 Å². The smallest absolute Gasteiger partial charge is 0.262 e. The van der Waals surface area contributed by atoms with E-state index in [4.69, 9.17) is 0 Å². The van der Waals surface area contributed by atoms with Crippen molar-refractivity contribution in [2.24, 2.45) is 13.0 Å². The number of carbonyl (C=O) groups is 1. The van der Waals surface area contributed by atoms with Crippen molar-refractivity contribution in [3.8, 4) is 0 Å². The third-order valence-electron chi connectivity index (χ3n) is 5.28. The number of sulfonamides is 1.